The van der Waals surface area contributed by atoms with E-state index in [1.54, 1.807) is 0 Å². The van der Waals surface area contributed by atoms with Gasteiger partial charge in [0, 0.05) is 28.7 Å². The molecule has 2 aromatic carbocycles. The van der Waals surface area contributed by atoms with Crippen molar-refractivity contribution in [3.05, 3.63) is 48.2 Å². The van der Waals surface area contributed by atoms with Gasteiger partial charge in [0.25, 0.3) is 6.43 Å². The maximum absolute atomic E-state index is 14.3. The van der Waals surface area contributed by atoms with Crippen LogP contribution in [0.3, 0.4) is 0 Å². The number of hydrogen-bond acceptors (Lipinski definition) is 3. The molecule has 5 nitrogen and oxygen atoms in total. The number of nitrogens with one attached hydrogen (secondary N) is 1. The molecule has 0 aliphatic carbocycles. The second-order valence-corrected chi connectivity index (χ2v) is 6.95. The lowest BCUT2D eigenvalue weighted by Gasteiger charge is -2.10. The number of rotatable bonds is 5. The lowest BCUT2D eigenvalue weighted by Crippen LogP contribution is -2.11. The summed E-state index contributed by atoms with van der Waals surface area (Å²) in [4.78, 5) is 2.58. The van der Waals surface area contributed by atoms with Crippen LogP contribution in [0, 0.1) is 11.6 Å². The highest BCUT2D eigenvalue weighted by Gasteiger charge is 2.17. The van der Waals surface area contributed by atoms with Crippen molar-refractivity contribution in [1.29, 1.82) is 0 Å². The molecule has 1 aromatic heterocycles. The predicted molar refractivity (Wildman–Crippen MR) is 86.5 cm³/mol. The molecule has 0 fully saturated rings. The summed E-state index contributed by atoms with van der Waals surface area (Å²) in [5.74, 6) is -2.50. The van der Waals surface area contributed by atoms with Gasteiger partial charge in [0.2, 0.25) is 10.0 Å². The number of benzene rings is 2. The molecular formula is C16H12F4N2O3S. The first-order chi connectivity index (χ1) is 12.2. The van der Waals surface area contributed by atoms with E-state index in [0.29, 0.717) is 17.0 Å². The van der Waals surface area contributed by atoms with Crippen LogP contribution in [0.2, 0.25) is 0 Å². The van der Waals surface area contributed by atoms with E-state index < -0.39 is 40.4 Å². The highest BCUT2D eigenvalue weighted by atomic mass is 32.2. The third kappa shape index (κ3) is 3.51. The molecule has 0 unspecified atom stereocenters. The van der Waals surface area contributed by atoms with Gasteiger partial charge in [-0.3, -0.25) is 0 Å². The summed E-state index contributed by atoms with van der Waals surface area (Å²) in [7, 11) is -3.94. The second kappa shape index (κ2) is 6.61. The largest absolute Gasteiger partial charge is 0.484 e. The van der Waals surface area contributed by atoms with Gasteiger partial charge in [0.1, 0.15) is 17.3 Å². The average molecular weight is 388 g/mol. The normalized spacial score (nSPS) is 12.1. The Labute approximate surface area is 145 Å². The molecule has 0 spiro atoms. The Kier molecular flexibility index (Phi) is 4.63. The summed E-state index contributed by atoms with van der Waals surface area (Å²) < 4.78 is 80.1. The minimum Gasteiger partial charge on any atom is -0.484 e. The molecule has 10 heteroatoms. The number of H-pyrrole nitrogens is 1. The fourth-order valence-electron chi connectivity index (χ4n) is 2.52. The minimum absolute atomic E-state index is 0.124. The van der Waals surface area contributed by atoms with Gasteiger partial charge in [0.05, 0.1) is 0 Å². The summed E-state index contributed by atoms with van der Waals surface area (Å²) in [6.45, 7) is -1.06. The van der Waals surface area contributed by atoms with Gasteiger partial charge in [-0.25, -0.2) is 31.1 Å². The summed E-state index contributed by atoms with van der Waals surface area (Å²) in [5, 5.41) is 5.40. The first-order valence-corrected chi connectivity index (χ1v) is 8.76. The van der Waals surface area contributed by atoms with Crippen LogP contribution < -0.4 is 9.88 Å². The van der Waals surface area contributed by atoms with Gasteiger partial charge in [-0.05, 0) is 17.7 Å². The molecule has 3 N–H and O–H groups in total. The molecule has 3 aromatic rings. The molecule has 3 rings (SSSR count). The smallest absolute Gasteiger partial charge is 0.272 e. The highest BCUT2D eigenvalue weighted by Crippen LogP contribution is 2.32. The molecule has 0 aliphatic heterocycles. The second-order valence-electron chi connectivity index (χ2n) is 5.42. The molecule has 0 atom stereocenters. The Bertz CT molecular complexity index is 1080. The van der Waals surface area contributed by atoms with E-state index in [4.69, 9.17) is 5.14 Å². The number of aromatic nitrogens is 1. The SMILES string of the molecule is NS(=O)(=O)c1c[nH]c2cc(-c3cc(F)c(OCC(F)F)cc3F)ccc12. The quantitative estimate of drug-likeness (QED) is 0.657. The molecule has 26 heavy (non-hydrogen) atoms. The van der Waals surface area contributed by atoms with E-state index in [1.807, 2.05) is 0 Å². The molecule has 138 valence electrons. The lowest BCUT2D eigenvalue weighted by atomic mass is 10.0. The van der Waals surface area contributed by atoms with Crippen molar-refractivity contribution >= 4 is 20.9 Å². The highest BCUT2D eigenvalue weighted by molar-refractivity contribution is 7.89. The lowest BCUT2D eigenvalue weighted by molar-refractivity contribution is 0.0797. The number of primary sulfonamides is 1. The number of ether oxygens (including phenoxy) is 1. The van der Waals surface area contributed by atoms with Gasteiger partial charge in [-0.2, -0.15) is 0 Å². The predicted octanol–water partition coefficient (Wildman–Crippen LogP) is 3.40. The Morgan fingerprint density at radius 1 is 1.12 bits per heavy atom. The zero-order valence-corrected chi connectivity index (χ0v) is 13.8. The number of hydrogen-bond donors (Lipinski definition) is 2. The van der Waals surface area contributed by atoms with Crippen LogP contribution in [0.25, 0.3) is 22.0 Å². The van der Waals surface area contributed by atoms with Crippen molar-refractivity contribution in [3.8, 4) is 16.9 Å². The fraction of sp³-hybridized carbons (Fsp3) is 0.125. The van der Waals surface area contributed by atoms with Crippen LogP contribution in [0.5, 0.6) is 5.75 Å². The number of nitrogens with two attached hydrogens (primary N) is 1. The fourth-order valence-corrected chi connectivity index (χ4v) is 3.22. The zero-order valence-electron chi connectivity index (χ0n) is 13.0. The molecule has 0 saturated carbocycles. The Morgan fingerprint density at radius 2 is 1.85 bits per heavy atom. The topological polar surface area (TPSA) is 85.2 Å². The van der Waals surface area contributed by atoms with E-state index in [9.17, 15) is 26.0 Å². The third-order valence-electron chi connectivity index (χ3n) is 3.65. The third-order valence-corrected chi connectivity index (χ3v) is 4.60. The van der Waals surface area contributed by atoms with Crippen molar-refractivity contribution in [3.63, 3.8) is 0 Å². The summed E-state index contributed by atoms with van der Waals surface area (Å²) in [6.07, 6.45) is -1.62. The number of aromatic amines is 1. The molecule has 0 aliphatic rings. The maximum atomic E-state index is 14.3. The Morgan fingerprint density at radius 3 is 2.50 bits per heavy atom. The van der Waals surface area contributed by atoms with Gasteiger partial charge < -0.3 is 9.72 Å². The number of sulfonamides is 1. The van der Waals surface area contributed by atoms with E-state index in [1.165, 1.54) is 24.4 Å². The van der Waals surface area contributed by atoms with Crippen LogP contribution in [-0.4, -0.2) is 26.4 Å². The van der Waals surface area contributed by atoms with Crippen molar-refractivity contribution in [2.75, 3.05) is 6.61 Å². The van der Waals surface area contributed by atoms with Crippen molar-refractivity contribution in [2.45, 2.75) is 11.3 Å². The average Bonchev–Trinajstić information content (AvgIpc) is 2.98. The number of fused-ring (bicyclic) bond motifs is 1. The standard InChI is InChI=1S/C16H12F4N2O3S/c17-11-5-14(25-7-16(19)20)12(18)4-10(11)8-1-2-9-13(3-8)22-6-15(9)26(21,23)24/h1-6,16,22H,7H2,(H2,21,23,24). The molecule has 0 amide bonds. The molecule has 0 bridgehead atoms. The Balaban J connectivity index is 2.02. The van der Waals surface area contributed by atoms with E-state index in [2.05, 4.69) is 9.72 Å². The van der Waals surface area contributed by atoms with Crippen LogP contribution in [0.15, 0.2) is 41.4 Å². The first kappa shape index (κ1) is 18.2. The molecule has 1 heterocycles. The van der Waals surface area contributed by atoms with Crippen LogP contribution in [0.1, 0.15) is 0 Å². The monoisotopic (exact) mass is 388 g/mol. The number of halogens is 4. The van der Waals surface area contributed by atoms with Gasteiger partial charge in [-0.15, -0.1) is 0 Å². The Hall–Kier alpha value is -2.59. The summed E-state index contributed by atoms with van der Waals surface area (Å²) in [5.41, 5.74) is 0.460. The van der Waals surface area contributed by atoms with Crippen molar-refractivity contribution in [2.24, 2.45) is 5.14 Å². The minimum atomic E-state index is -3.94. The van der Waals surface area contributed by atoms with Crippen molar-refractivity contribution < 1.29 is 30.7 Å². The maximum Gasteiger partial charge on any atom is 0.272 e. The van der Waals surface area contributed by atoms with Gasteiger partial charge in [-0.1, -0.05) is 12.1 Å². The van der Waals surface area contributed by atoms with E-state index >= 15 is 0 Å². The summed E-state index contributed by atoms with van der Waals surface area (Å²) >= 11 is 0. The molecule has 0 radical (unpaired) electrons. The molecule has 0 saturated heterocycles. The van der Waals surface area contributed by atoms with Gasteiger partial charge in [0.15, 0.2) is 11.6 Å². The zero-order chi connectivity index (χ0) is 19.1. The van der Waals surface area contributed by atoms with Gasteiger partial charge >= 0.3 is 0 Å². The molecular weight excluding hydrogens is 376 g/mol. The van der Waals surface area contributed by atoms with Crippen LogP contribution >= 0.6 is 0 Å². The van der Waals surface area contributed by atoms with E-state index in [0.717, 1.165) is 6.07 Å². The van der Waals surface area contributed by atoms with Crippen LogP contribution in [0.4, 0.5) is 17.6 Å². The number of alkyl halides is 2. The van der Waals surface area contributed by atoms with Crippen molar-refractivity contribution in [1.82, 2.24) is 4.98 Å². The van der Waals surface area contributed by atoms with Crippen LogP contribution in [-0.2, 0) is 10.0 Å². The van der Waals surface area contributed by atoms with E-state index in [-0.39, 0.29) is 16.0 Å². The first-order valence-electron chi connectivity index (χ1n) is 7.21. The summed E-state index contributed by atoms with van der Waals surface area (Å²) in [6, 6.07) is 5.71.